The first-order chi connectivity index (χ1) is 12.0. The molecule has 0 spiro atoms. The molecule has 5 nitrogen and oxygen atoms in total. The monoisotopic (exact) mass is 382 g/mol. The number of carbonyl (C=O) groups is 1. The Hall–Kier alpha value is -0.920. The van der Waals surface area contributed by atoms with E-state index in [1.54, 1.807) is 11.3 Å². The van der Waals surface area contributed by atoms with Gasteiger partial charge in [-0.25, -0.2) is 8.42 Å². The molecule has 7 heteroatoms. The predicted molar refractivity (Wildman–Crippen MR) is 99.5 cm³/mol. The van der Waals surface area contributed by atoms with Gasteiger partial charge in [0, 0.05) is 30.1 Å². The fraction of sp³-hybridized carbons (Fsp3) is 0.722. The maximum Gasteiger partial charge on any atom is 0.237 e. The topological polar surface area (TPSA) is 57.7 Å². The Bertz CT molecular complexity index is 737. The van der Waals surface area contributed by atoms with Crippen molar-refractivity contribution in [1.29, 1.82) is 0 Å². The zero-order valence-electron chi connectivity index (χ0n) is 14.5. The molecule has 0 radical (unpaired) electrons. The van der Waals surface area contributed by atoms with E-state index in [4.69, 9.17) is 0 Å². The van der Waals surface area contributed by atoms with E-state index in [9.17, 15) is 13.2 Å². The summed E-state index contributed by atoms with van der Waals surface area (Å²) in [6, 6.07) is 2.30. The van der Waals surface area contributed by atoms with Crippen LogP contribution in [0.4, 0.5) is 0 Å². The molecule has 1 saturated carbocycles. The molecule has 2 aliphatic heterocycles. The van der Waals surface area contributed by atoms with Crippen LogP contribution in [0.5, 0.6) is 0 Å². The summed E-state index contributed by atoms with van der Waals surface area (Å²) in [6.07, 6.45) is 5.97. The zero-order chi connectivity index (χ0) is 17.4. The summed E-state index contributed by atoms with van der Waals surface area (Å²) < 4.78 is 23.9. The smallest absolute Gasteiger partial charge is 0.237 e. The van der Waals surface area contributed by atoms with Crippen LogP contribution in [0.2, 0.25) is 0 Å². The van der Waals surface area contributed by atoms with Crippen molar-refractivity contribution in [2.75, 3.05) is 24.6 Å². The molecule has 1 aromatic rings. The summed E-state index contributed by atoms with van der Waals surface area (Å²) in [6.45, 7) is 2.18. The minimum atomic E-state index is -2.98. The molecule has 0 N–H and O–H groups in total. The van der Waals surface area contributed by atoms with Crippen LogP contribution in [0.15, 0.2) is 11.4 Å². The minimum Gasteiger partial charge on any atom is -0.335 e. The highest BCUT2D eigenvalue weighted by Gasteiger charge is 2.39. The molecule has 4 rings (SSSR count). The number of rotatable bonds is 4. The van der Waals surface area contributed by atoms with Crippen LogP contribution in [0, 0.1) is 0 Å². The number of hydrogen-bond acceptors (Lipinski definition) is 5. The molecule has 138 valence electrons. The number of carbonyl (C=O) groups excluding carboxylic acids is 1. The zero-order valence-corrected chi connectivity index (χ0v) is 16.2. The van der Waals surface area contributed by atoms with Gasteiger partial charge in [0.05, 0.1) is 18.1 Å². The second-order valence-electron chi connectivity index (χ2n) is 7.63. The molecular weight excluding hydrogens is 356 g/mol. The Morgan fingerprint density at radius 3 is 2.76 bits per heavy atom. The van der Waals surface area contributed by atoms with E-state index in [2.05, 4.69) is 16.3 Å². The highest BCUT2D eigenvalue weighted by Crippen LogP contribution is 2.30. The average molecular weight is 383 g/mol. The van der Waals surface area contributed by atoms with Gasteiger partial charge < -0.3 is 4.90 Å². The van der Waals surface area contributed by atoms with Gasteiger partial charge in [0.1, 0.15) is 0 Å². The second kappa shape index (κ2) is 7.00. The van der Waals surface area contributed by atoms with Gasteiger partial charge in [0.25, 0.3) is 0 Å². The largest absolute Gasteiger partial charge is 0.335 e. The summed E-state index contributed by atoms with van der Waals surface area (Å²) in [5.74, 6) is 0.521. The van der Waals surface area contributed by atoms with Crippen molar-refractivity contribution < 1.29 is 13.2 Å². The van der Waals surface area contributed by atoms with Crippen LogP contribution in [-0.2, 0) is 27.6 Å². The highest BCUT2D eigenvalue weighted by molar-refractivity contribution is 7.91. The third-order valence-electron chi connectivity index (χ3n) is 5.85. The lowest BCUT2D eigenvalue weighted by Crippen LogP contribution is -2.51. The lowest BCUT2D eigenvalue weighted by molar-refractivity contribution is -0.137. The minimum absolute atomic E-state index is 0.109. The van der Waals surface area contributed by atoms with Crippen molar-refractivity contribution in [2.24, 2.45) is 0 Å². The van der Waals surface area contributed by atoms with Gasteiger partial charge in [-0.2, -0.15) is 0 Å². The van der Waals surface area contributed by atoms with Crippen LogP contribution in [0.3, 0.4) is 0 Å². The van der Waals surface area contributed by atoms with Gasteiger partial charge in [0.15, 0.2) is 9.84 Å². The van der Waals surface area contributed by atoms with Crippen LogP contribution >= 0.6 is 11.3 Å². The van der Waals surface area contributed by atoms with E-state index in [0.717, 1.165) is 45.2 Å². The third kappa shape index (κ3) is 3.78. The highest BCUT2D eigenvalue weighted by atomic mass is 32.2. The van der Waals surface area contributed by atoms with Gasteiger partial charge >= 0.3 is 0 Å². The Balaban J connectivity index is 1.46. The molecule has 0 aromatic carbocycles. The first-order valence-electron chi connectivity index (χ1n) is 9.31. The van der Waals surface area contributed by atoms with Crippen LogP contribution in [0.25, 0.3) is 0 Å². The number of fused-ring (bicyclic) bond motifs is 1. The fourth-order valence-electron chi connectivity index (χ4n) is 4.60. The molecular formula is C18H26N2O3S2. The Kier molecular flexibility index (Phi) is 4.90. The number of thiophene rings is 1. The van der Waals surface area contributed by atoms with Crippen LogP contribution in [-0.4, -0.2) is 60.8 Å². The Morgan fingerprint density at radius 1 is 1.24 bits per heavy atom. The Morgan fingerprint density at radius 2 is 2.04 bits per heavy atom. The molecule has 1 atom stereocenters. The van der Waals surface area contributed by atoms with Crippen LogP contribution in [0.1, 0.15) is 42.5 Å². The molecule has 1 amide bonds. The average Bonchev–Trinajstić information content (AvgIpc) is 3.28. The SMILES string of the molecule is O=C(CN1CCc2sccc2C1)N(C1CCCC1)[C@@H]1CCS(=O)(=O)C1. The van der Waals surface area contributed by atoms with Crippen molar-refractivity contribution in [3.05, 3.63) is 21.9 Å². The summed E-state index contributed by atoms with van der Waals surface area (Å²) in [7, 11) is -2.98. The predicted octanol–water partition coefficient (Wildman–Crippen LogP) is 2.06. The van der Waals surface area contributed by atoms with Gasteiger partial charge in [-0.05, 0) is 42.7 Å². The summed E-state index contributed by atoms with van der Waals surface area (Å²) >= 11 is 1.80. The van der Waals surface area contributed by atoms with Gasteiger partial charge in [-0.1, -0.05) is 12.8 Å². The first kappa shape index (κ1) is 17.5. The molecule has 3 aliphatic rings. The number of hydrogen-bond donors (Lipinski definition) is 0. The molecule has 0 bridgehead atoms. The summed E-state index contributed by atoms with van der Waals surface area (Å²) in [4.78, 5) is 18.8. The lowest BCUT2D eigenvalue weighted by Gasteiger charge is -2.36. The van der Waals surface area contributed by atoms with Crippen LogP contribution < -0.4 is 0 Å². The van der Waals surface area contributed by atoms with E-state index in [1.807, 2.05) is 4.90 Å². The van der Waals surface area contributed by atoms with E-state index >= 15 is 0 Å². The fourth-order valence-corrected chi connectivity index (χ4v) is 7.20. The van der Waals surface area contributed by atoms with E-state index in [0.29, 0.717) is 13.0 Å². The second-order valence-corrected chi connectivity index (χ2v) is 10.9. The molecule has 1 saturated heterocycles. The van der Waals surface area contributed by atoms with Gasteiger partial charge in [-0.3, -0.25) is 9.69 Å². The number of sulfone groups is 1. The van der Waals surface area contributed by atoms with E-state index in [1.165, 1.54) is 10.4 Å². The number of nitrogens with zero attached hydrogens (tertiary/aromatic N) is 2. The summed E-state index contributed by atoms with van der Waals surface area (Å²) in [5.41, 5.74) is 1.35. The Labute approximate surface area is 153 Å². The van der Waals surface area contributed by atoms with Crippen molar-refractivity contribution in [2.45, 2.75) is 57.2 Å². The molecule has 25 heavy (non-hydrogen) atoms. The molecule has 1 aliphatic carbocycles. The third-order valence-corrected chi connectivity index (χ3v) is 8.63. The number of amides is 1. The van der Waals surface area contributed by atoms with Crippen molar-refractivity contribution in [3.8, 4) is 0 Å². The quantitative estimate of drug-likeness (QED) is 0.800. The van der Waals surface area contributed by atoms with E-state index in [-0.39, 0.29) is 29.5 Å². The van der Waals surface area contributed by atoms with Crippen molar-refractivity contribution in [1.82, 2.24) is 9.80 Å². The standard InChI is InChI=1S/C18H26N2O3S2/c21-18(12-19-8-5-17-14(11-19)6-9-24-17)20(15-3-1-2-4-15)16-7-10-25(22,23)13-16/h6,9,15-16H,1-5,7-8,10-13H2/t16-/m1/s1. The first-order valence-corrected chi connectivity index (χ1v) is 12.0. The normalized spacial score (nSPS) is 26.6. The van der Waals surface area contributed by atoms with E-state index < -0.39 is 9.84 Å². The molecule has 3 heterocycles. The van der Waals surface area contributed by atoms with Crippen molar-refractivity contribution in [3.63, 3.8) is 0 Å². The van der Waals surface area contributed by atoms with Gasteiger partial charge in [0.2, 0.25) is 5.91 Å². The molecule has 1 aromatic heterocycles. The lowest BCUT2D eigenvalue weighted by atomic mass is 10.1. The molecule has 0 unspecified atom stereocenters. The maximum atomic E-state index is 13.1. The van der Waals surface area contributed by atoms with Gasteiger partial charge in [-0.15, -0.1) is 11.3 Å². The molecule has 2 fully saturated rings. The maximum absolute atomic E-state index is 13.1. The summed E-state index contributed by atoms with van der Waals surface area (Å²) in [5, 5.41) is 2.13. The van der Waals surface area contributed by atoms with Crippen molar-refractivity contribution >= 4 is 27.1 Å².